The Kier molecular flexibility index (Phi) is 7.33. The van der Waals surface area contributed by atoms with E-state index in [1.807, 2.05) is 6.07 Å². The van der Waals surface area contributed by atoms with Crippen LogP contribution in [0.1, 0.15) is 48.4 Å². The highest BCUT2D eigenvalue weighted by atomic mass is 16.5. The number of nitrogens with zero attached hydrogens (tertiary/aromatic N) is 3. The van der Waals surface area contributed by atoms with Crippen LogP contribution in [0.15, 0.2) is 47.1 Å². The number of Topliss-reactive ketones (excluding diaryl/α,β-unsaturated/α-hetero) is 1. The predicted octanol–water partition coefficient (Wildman–Crippen LogP) is 4.52. The van der Waals surface area contributed by atoms with Crippen molar-refractivity contribution in [2.45, 2.75) is 38.5 Å². The minimum absolute atomic E-state index is 0.0992. The molecule has 0 spiro atoms. The summed E-state index contributed by atoms with van der Waals surface area (Å²) in [5, 5.41) is 0. The van der Waals surface area contributed by atoms with Crippen molar-refractivity contribution in [3.05, 3.63) is 54.2 Å². The van der Waals surface area contributed by atoms with E-state index in [2.05, 4.69) is 39.2 Å². The van der Waals surface area contributed by atoms with Gasteiger partial charge in [0.1, 0.15) is 0 Å². The number of aryl methyl sites for hydroxylation is 1. The molecule has 0 aliphatic heterocycles. The molecule has 3 rings (SSSR count). The van der Waals surface area contributed by atoms with Crippen molar-refractivity contribution in [3.63, 3.8) is 0 Å². The van der Waals surface area contributed by atoms with E-state index in [1.165, 1.54) is 32.2 Å². The monoisotopic (exact) mass is 395 g/mol. The van der Waals surface area contributed by atoms with Crippen LogP contribution in [-0.4, -0.2) is 35.0 Å². The molecule has 1 aromatic carbocycles. The molecule has 0 atom stereocenters. The molecule has 3 aromatic rings. The Morgan fingerprint density at radius 3 is 2.52 bits per heavy atom. The molecule has 0 amide bonds. The molecule has 0 aliphatic rings. The summed E-state index contributed by atoms with van der Waals surface area (Å²) >= 11 is 0. The predicted molar refractivity (Wildman–Crippen MR) is 108 cm³/mol. The summed E-state index contributed by atoms with van der Waals surface area (Å²) in [5.41, 5.74) is 1.87. The van der Waals surface area contributed by atoms with E-state index in [-0.39, 0.29) is 17.7 Å². The van der Waals surface area contributed by atoms with Crippen LogP contribution >= 0.6 is 0 Å². The lowest BCUT2D eigenvalue weighted by Crippen LogP contribution is -1.99. The van der Waals surface area contributed by atoms with Gasteiger partial charge in [-0.3, -0.25) is 4.79 Å². The van der Waals surface area contributed by atoms with Crippen LogP contribution in [0.25, 0.3) is 11.3 Å². The first kappa shape index (κ1) is 20.5. The number of rotatable bonds is 11. The number of benzene rings is 1. The number of unbranched alkanes of at least 4 members (excludes halogenated alkanes) is 3. The maximum absolute atomic E-state index is 12.4. The van der Waals surface area contributed by atoms with Gasteiger partial charge >= 0.3 is 6.01 Å². The fourth-order valence-electron chi connectivity index (χ4n) is 3.02. The zero-order chi connectivity index (χ0) is 20.5. The lowest BCUT2D eigenvalue weighted by Gasteiger charge is -2.05. The number of carbonyl (C=O) groups is 1. The third kappa shape index (κ3) is 5.63. The second-order valence-corrected chi connectivity index (χ2v) is 6.63. The van der Waals surface area contributed by atoms with E-state index >= 15 is 0 Å². The quantitative estimate of drug-likeness (QED) is 0.348. The molecule has 152 valence electrons. The molecule has 0 aliphatic carbocycles. The first-order valence-electron chi connectivity index (χ1n) is 9.69. The zero-order valence-corrected chi connectivity index (χ0v) is 16.8. The maximum Gasteiger partial charge on any atom is 0.319 e. The van der Waals surface area contributed by atoms with Gasteiger partial charge in [-0.25, -0.2) is 9.97 Å². The normalized spacial score (nSPS) is 10.7. The average Bonchev–Trinajstić information content (AvgIpc) is 3.26. The summed E-state index contributed by atoms with van der Waals surface area (Å²) in [7, 11) is 2.97. The summed E-state index contributed by atoms with van der Waals surface area (Å²) < 4.78 is 15.9. The summed E-state index contributed by atoms with van der Waals surface area (Å²) in [6, 6.07) is 10.6. The smallest absolute Gasteiger partial charge is 0.319 e. The molecule has 29 heavy (non-hydrogen) atoms. The fourth-order valence-corrected chi connectivity index (χ4v) is 3.02. The Hall–Kier alpha value is -3.22. The SMILES string of the molecule is COc1ncc(-c2cnc(C(=O)CCCCCCc3ccccc3)o2)c(OC)n1. The molecule has 0 bridgehead atoms. The van der Waals surface area contributed by atoms with Crippen LogP contribution in [0.2, 0.25) is 0 Å². The van der Waals surface area contributed by atoms with Crippen LogP contribution in [0.5, 0.6) is 11.9 Å². The molecule has 0 saturated carbocycles. The summed E-state index contributed by atoms with van der Waals surface area (Å²) in [6.07, 6.45) is 8.54. The molecule has 2 aromatic heterocycles. The Balaban J connectivity index is 1.47. The van der Waals surface area contributed by atoms with Gasteiger partial charge in [0.2, 0.25) is 11.7 Å². The van der Waals surface area contributed by atoms with Crippen molar-refractivity contribution in [1.82, 2.24) is 15.0 Å². The number of carbonyl (C=O) groups excluding carboxylic acids is 1. The van der Waals surface area contributed by atoms with E-state index in [1.54, 1.807) is 0 Å². The Morgan fingerprint density at radius 2 is 1.76 bits per heavy atom. The highest BCUT2D eigenvalue weighted by Gasteiger charge is 2.18. The number of oxazole rings is 1. The van der Waals surface area contributed by atoms with Gasteiger partial charge in [-0.2, -0.15) is 4.98 Å². The highest BCUT2D eigenvalue weighted by Crippen LogP contribution is 2.29. The van der Waals surface area contributed by atoms with Crippen molar-refractivity contribution in [2.75, 3.05) is 14.2 Å². The molecule has 0 N–H and O–H groups in total. The molecule has 7 nitrogen and oxygen atoms in total. The van der Waals surface area contributed by atoms with Crippen LogP contribution in [-0.2, 0) is 6.42 Å². The van der Waals surface area contributed by atoms with Gasteiger partial charge in [-0.1, -0.05) is 43.2 Å². The molecular weight excluding hydrogens is 370 g/mol. The summed E-state index contributed by atoms with van der Waals surface area (Å²) in [5.74, 6) is 0.677. The van der Waals surface area contributed by atoms with Crippen molar-refractivity contribution in [2.24, 2.45) is 0 Å². The Morgan fingerprint density at radius 1 is 0.966 bits per heavy atom. The standard InChI is InChI=1S/C22H25N3O4/c1-27-20-17(14-24-22(25-20)28-2)19-15-23-21(29-19)18(26)13-9-4-3-6-10-16-11-7-5-8-12-16/h5,7-8,11-12,14-15H,3-4,6,9-10,13H2,1-2H3. The fraction of sp³-hybridized carbons (Fsp3) is 0.364. The lowest BCUT2D eigenvalue weighted by atomic mass is 10.0. The van der Waals surface area contributed by atoms with Crippen molar-refractivity contribution in [3.8, 4) is 23.2 Å². The second-order valence-electron chi connectivity index (χ2n) is 6.63. The van der Waals surface area contributed by atoms with E-state index in [9.17, 15) is 4.79 Å². The second kappa shape index (κ2) is 10.4. The number of methoxy groups -OCH3 is 2. The van der Waals surface area contributed by atoms with Gasteiger partial charge < -0.3 is 13.9 Å². The number of ketones is 1. The third-order valence-electron chi connectivity index (χ3n) is 4.58. The van der Waals surface area contributed by atoms with Crippen molar-refractivity contribution < 1.29 is 18.7 Å². The topological polar surface area (TPSA) is 87.3 Å². The average molecular weight is 395 g/mol. The van der Waals surface area contributed by atoms with Crippen molar-refractivity contribution in [1.29, 1.82) is 0 Å². The number of hydrogen-bond acceptors (Lipinski definition) is 7. The zero-order valence-electron chi connectivity index (χ0n) is 16.8. The van der Waals surface area contributed by atoms with Crippen LogP contribution in [0.4, 0.5) is 0 Å². The van der Waals surface area contributed by atoms with Gasteiger partial charge in [0, 0.05) is 12.6 Å². The Labute approximate surface area is 170 Å². The van der Waals surface area contributed by atoms with E-state index in [0.717, 1.165) is 32.1 Å². The van der Waals surface area contributed by atoms with E-state index < -0.39 is 0 Å². The van der Waals surface area contributed by atoms with Gasteiger partial charge in [-0.15, -0.1) is 0 Å². The molecule has 0 unspecified atom stereocenters. The van der Waals surface area contributed by atoms with Gasteiger partial charge in [-0.05, 0) is 24.8 Å². The van der Waals surface area contributed by atoms with Crippen LogP contribution in [0, 0.1) is 0 Å². The summed E-state index contributed by atoms with van der Waals surface area (Å²) in [4.78, 5) is 24.6. The Bertz CT molecular complexity index is 925. The molecule has 2 heterocycles. The number of hydrogen-bond donors (Lipinski definition) is 0. The van der Waals surface area contributed by atoms with E-state index in [0.29, 0.717) is 23.6 Å². The molecule has 0 saturated heterocycles. The van der Waals surface area contributed by atoms with Gasteiger partial charge in [0.05, 0.1) is 26.0 Å². The minimum Gasteiger partial charge on any atom is -0.480 e. The van der Waals surface area contributed by atoms with E-state index in [4.69, 9.17) is 13.9 Å². The molecular formula is C22H25N3O4. The van der Waals surface area contributed by atoms with Gasteiger partial charge in [0.15, 0.2) is 5.76 Å². The number of aromatic nitrogens is 3. The lowest BCUT2D eigenvalue weighted by molar-refractivity contribution is 0.0946. The molecule has 0 radical (unpaired) electrons. The largest absolute Gasteiger partial charge is 0.480 e. The van der Waals surface area contributed by atoms with Crippen LogP contribution in [0.3, 0.4) is 0 Å². The molecule has 7 heteroatoms. The third-order valence-corrected chi connectivity index (χ3v) is 4.58. The first-order valence-corrected chi connectivity index (χ1v) is 9.69. The number of ether oxygens (including phenoxy) is 2. The van der Waals surface area contributed by atoms with Crippen molar-refractivity contribution >= 4 is 5.78 Å². The summed E-state index contributed by atoms with van der Waals surface area (Å²) in [6.45, 7) is 0. The molecule has 0 fully saturated rings. The highest BCUT2D eigenvalue weighted by molar-refractivity contribution is 5.92. The first-order chi connectivity index (χ1) is 14.2. The van der Waals surface area contributed by atoms with Gasteiger partial charge in [0.25, 0.3) is 5.89 Å². The minimum atomic E-state index is -0.104. The van der Waals surface area contributed by atoms with Crippen LogP contribution < -0.4 is 9.47 Å². The maximum atomic E-state index is 12.4.